The minimum absolute atomic E-state index is 0.479. The fraction of sp³-hybridized carbons (Fsp3) is 0.467. The molecule has 1 saturated heterocycles. The second kappa shape index (κ2) is 4.97. The van der Waals surface area contributed by atoms with Gasteiger partial charge in [-0.25, -0.2) is 4.98 Å². The maximum atomic E-state index is 5.59. The van der Waals surface area contributed by atoms with Gasteiger partial charge in [-0.05, 0) is 47.3 Å². The SMILES string of the molecule is Brc1cccc(-c2nn3c(c2C2CCOC2)CCC3)n1. The normalized spacial score (nSPS) is 21.4. The monoisotopic (exact) mass is 333 g/mol. The predicted molar refractivity (Wildman–Crippen MR) is 79.7 cm³/mol. The average molecular weight is 334 g/mol. The molecular formula is C15H16BrN3O. The molecule has 0 amide bonds. The van der Waals surface area contributed by atoms with Crippen molar-refractivity contribution in [1.29, 1.82) is 0 Å². The Labute approximate surface area is 126 Å². The van der Waals surface area contributed by atoms with E-state index in [4.69, 9.17) is 9.84 Å². The van der Waals surface area contributed by atoms with E-state index in [1.54, 1.807) is 0 Å². The number of hydrogen-bond donors (Lipinski definition) is 0. The molecule has 20 heavy (non-hydrogen) atoms. The summed E-state index contributed by atoms with van der Waals surface area (Å²) >= 11 is 3.45. The minimum atomic E-state index is 0.479. The Kier molecular flexibility index (Phi) is 3.11. The van der Waals surface area contributed by atoms with Crippen LogP contribution in [0.15, 0.2) is 22.8 Å². The summed E-state index contributed by atoms with van der Waals surface area (Å²) in [5.41, 5.74) is 4.79. The molecule has 0 bridgehead atoms. The van der Waals surface area contributed by atoms with Crippen LogP contribution in [0.3, 0.4) is 0 Å². The van der Waals surface area contributed by atoms with E-state index in [-0.39, 0.29) is 0 Å². The lowest BCUT2D eigenvalue weighted by molar-refractivity contribution is 0.194. The van der Waals surface area contributed by atoms with E-state index in [0.29, 0.717) is 5.92 Å². The van der Waals surface area contributed by atoms with Crippen LogP contribution in [0.25, 0.3) is 11.4 Å². The van der Waals surface area contributed by atoms with Gasteiger partial charge < -0.3 is 4.74 Å². The van der Waals surface area contributed by atoms with Crippen molar-refractivity contribution >= 4 is 15.9 Å². The first kappa shape index (κ1) is 12.5. The Morgan fingerprint density at radius 2 is 2.30 bits per heavy atom. The van der Waals surface area contributed by atoms with Gasteiger partial charge in [0, 0.05) is 30.3 Å². The van der Waals surface area contributed by atoms with Gasteiger partial charge in [0.15, 0.2) is 0 Å². The van der Waals surface area contributed by atoms with Gasteiger partial charge in [-0.2, -0.15) is 5.10 Å². The maximum Gasteiger partial charge on any atom is 0.115 e. The molecule has 0 aliphatic carbocycles. The highest BCUT2D eigenvalue weighted by molar-refractivity contribution is 9.10. The Hall–Kier alpha value is -1.20. The van der Waals surface area contributed by atoms with Crippen LogP contribution in [-0.2, 0) is 17.7 Å². The lowest BCUT2D eigenvalue weighted by Gasteiger charge is -2.10. The predicted octanol–water partition coefficient (Wildman–Crippen LogP) is 3.16. The second-order valence-corrected chi connectivity index (χ2v) is 6.25. The molecule has 4 nitrogen and oxygen atoms in total. The van der Waals surface area contributed by atoms with Gasteiger partial charge in [-0.3, -0.25) is 4.68 Å². The van der Waals surface area contributed by atoms with Crippen LogP contribution in [0.5, 0.6) is 0 Å². The number of rotatable bonds is 2. The molecule has 0 radical (unpaired) electrons. The molecule has 2 aliphatic rings. The third-order valence-corrected chi connectivity index (χ3v) is 4.62. The smallest absolute Gasteiger partial charge is 0.115 e. The molecule has 2 aromatic heterocycles. The zero-order valence-corrected chi connectivity index (χ0v) is 12.8. The molecular weight excluding hydrogens is 318 g/mol. The number of ether oxygens (including phenoxy) is 1. The van der Waals surface area contributed by atoms with Gasteiger partial charge in [0.2, 0.25) is 0 Å². The van der Waals surface area contributed by atoms with E-state index in [1.807, 2.05) is 18.2 Å². The molecule has 2 aliphatic heterocycles. The molecule has 5 heteroatoms. The van der Waals surface area contributed by atoms with Crippen molar-refractivity contribution in [2.24, 2.45) is 0 Å². The number of hydrogen-bond acceptors (Lipinski definition) is 3. The van der Waals surface area contributed by atoms with Crippen LogP contribution >= 0.6 is 15.9 Å². The van der Waals surface area contributed by atoms with Crippen LogP contribution in [0, 0.1) is 0 Å². The summed E-state index contributed by atoms with van der Waals surface area (Å²) in [6.45, 7) is 2.71. The van der Waals surface area contributed by atoms with Crippen molar-refractivity contribution in [2.75, 3.05) is 13.2 Å². The number of halogens is 1. The zero-order chi connectivity index (χ0) is 13.5. The quantitative estimate of drug-likeness (QED) is 0.792. The Morgan fingerprint density at radius 1 is 1.35 bits per heavy atom. The second-order valence-electron chi connectivity index (χ2n) is 5.44. The van der Waals surface area contributed by atoms with E-state index in [0.717, 1.165) is 48.6 Å². The van der Waals surface area contributed by atoms with E-state index >= 15 is 0 Å². The molecule has 4 heterocycles. The van der Waals surface area contributed by atoms with E-state index in [2.05, 4.69) is 25.6 Å². The molecule has 1 atom stereocenters. The van der Waals surface area contributed by atoms with Crippen molar-refractivity contribution < 1.29 is 4.74 Å². The van der Waals surface area contributed by atoms with Gasteiger partial charge in [0.1, 0.15) is 10.3 Å². The van der Waals surface area contributed by atoms with Crippen molar-refractivity contribution in [3.63, 3.8) is 0 Å². The summed E-state index contributed by atoms with van der Waals surface area (Å²) in [5.74, 6) is 0.479. The number of aryl methyl sites for hydroxylation is 1. The Balaban J connectivity index is 1.86. The highest BCUT2D eigenvalue weighted by Crippen LogP contribution is 2.37. The fourth-order valence-electron chi connectivity index (χ4n) is 3.28. The minimum Gasteiger partial charge on any atom is -0.381 e. The molecule has 4 rings (SSSR count). The van der Waals surface area contributed by atoms with E-state index < -0.39 is 0 Å². The topological polar surface area (TPSA) is 39.9 Å². The van der Waals surface area contributed by atoms with E-state index in [1.165, 1.54) is 17.7 Å². The van der Waals surface area contributed by atoms with Crippen LogP contribution in [0.4, 0.5) is 0 Å². The highest BCUT2D eigenvalue weighted by Gasteiger charge is 2.30. The Morgan fingerprint density at radius 3 is 3.10 bits per heavy atom. The fourth-order valence-corrected chi connectivity index (χ4v) is 3.62. The molecule has 104 valence electrons. The number of fused-ring (bicyclic) bond motifs is 1. The standard InChI is InChI=1S/C15H16BrN3O/c16-13-5-1-3-11(17-13)15-14(10-6-8-20-9-10)12-4-2-7-19(12)18-15/h1,3,5,10H,2,4,6-9H2. The van der Waals surface area contributed by atoms with Crippen LogP contribution in [0.2, 0.25) is 0 Å². The molecule has 0 aromatic carbocycles. The van der Waals surface area contributed by atoms with Crippen molar-refractivity contribution in [3.05, 3.63) is 34.1 Å². The Bertz CT molecular complexity index is 647. The van der Waals surface area contributed by atoms with Crippen LogP contribution in [0.1, 0.15) is 30.0 Å². The summed E-state index contributed by atoms with van der Waals surface area (Å²) < 4.78 is 8.62. The van der Waals surface area contributed by atoms with Crippen molar-refractivity contribution in [1.82, 2.24) is 14.8 Å². The molecule has 2 aromatic rings. The van der Waals surface area contributed by atoms with Gasteiger partial charge in [-0.1, -0.05) is 6.07 Å². The summed E-state index contributed by atoms with van der Waals surface area (Å²) in [6.07, 6.45) is 3.43. The first-order chi connectivity index (χ1) is 9.83. The molecule has 1 unspecified atom stereocenters. The molecule has 0 spiro atoms. The number of aromatic nitrogens is 3. The molecule has 1 fully saturated rings. The van der Waals surface area contributed by atoms with Crippen LogP contribution < -0.4 is 0 Å². The zero-order valence-electron chi connectivity index (χ0n) is 11.2. The van der Waals surface area contributed by atoms with Gasteiger partial charge in [0.25, 0.3) is 0 Å². The first-order valence-corrected chi connectivity index (χ1v) is 7.92. The largest absolute Gasteiger partial charge is 0.381 e. The average Bonchev–Trinajstić information content (AvgIpc) is 3.14. The number of pyridine rings is 1. The summed E-state index contributed by atoms with van der Waals surface area (Å²) in [7, 11) is 0. The lowest BCUT2D eigenvalue weighted by Crippen LogP contribution is -2.02. The first-order valence-electron chi connectivity index (χ1n) is 7.13. The van der Waals surface area contributed by atoms with Crippen LogP contribution in [-0.4, -0.2) is 28.0 Å². The molecule has 0 saturated carbocycles. The summed E-state index contributed by atoms with van der Waals surface area (Å²) in [5, 5.41) is 4.82. The van der Waals surface area contributed by atoms with Crippen molar-refractivity contribution in [2.45, 2.75) is 31.7 Å². The molecule has 0 N–H and O–H groups in total. The number of nitrogens with zero attached hydrogens (tertiary/aromatic N) is 3. The summed E-state index contributed by atoms with van der Waals surface area (Å²) in [4.78, 5) is 4.59. The summed E-state index contributed by atoms with van der Waals surface area (Å²) in [6, 6.07) is 6.01. The third kappa shape index (κ3) is 2.00. The lowest BCUT2D eigenvalue weighted by atomic mass is 9.93. The van der Waals surface area contributed by atoms with Gasteiger partial charge in [0.05, 0.1) is 12.3 Å². The van der Waals surface area contributed by atoms with Gasteiger partial charge >= 0.3 is 0 Å². The third-order valence-electron chi connectivity index (χ3n) is 4.18. The maximum absolute atomic E-state index is 5.59. The van der Waals surface area contributed by atoms with E-state index in [9.17, 15) is 0 Å². The highest BCUT2D eigenvalue weighted by atomic mass is 79.9. The van der Waals surface area contributed by atoms with Crippen molar-refractivity contribution in [3.8, 4) is 11.4 Å². The van der Waals surface area contributed by atoms with Gasteiger partial charge in [-0.15, -0.1) is 0 Å².